The Labute approximate surface area is 143 Å². The summed E-state index contributed by atoms with van der Waals surface area (Å²) in [5.41, 5.74) is 2.38. The van der Waals surface area contributed by atoms with Crippen LogP contribution in [0.3, 0.4) is 0 Å². The molecule has 126 valence electrons. The fourth-order valence-electron chi connectivity index (χ4n) is 3.09. The van der Waals surface area contributed by atoms with Crippen LogP contribution in [0.15, 0.2) is 54.6 Å². The summed E-state index contributed by atoms with van der Waals surface area (Å²) in [6.45, 7) is 3.39. The van der Waals surface area contributed by atoms with Gasteiger partial charge in [0.05, 0.1) is 7.11 Å². The Morgan fingerprint density at radius 1 is 1.00 bits per heavy atom. The second-order valence-corrected chi connectivity index (χ2v) is 6.05. The van der Waals surface area contributed by atoms with Gasteiger partial charge in [-0.1, -0.05) is 30.3 Å². The monoisotopic (exact) mass is 324 g/mol. The lowest BCUT2D eigenvalue weighted by molar-refractivity contribution is -0.131. The normalized spacial score (nSPS) is 14.5. The second kappa shape index (κ2) is 7.86. The molecule has 1 aliphatic heterocycles. The van der Waals surface area contributed by atoms with Crippen molar-refractivity contribution in [2.45, 2.75) is 12.8 Å². The van der Waals surface area contributed by atoms with E-state index in [4.69, 9.17) is 4.74 Å². The lowest BCUT2D eigenvalue weighted by Gasteiger charge is -2.36. The van der Waals surface area contributed by atoms with Crippen molar-refractivity contribution >= 4 is 11.6 Å². The number of methoxy groups -OCH3 is 1. The molecular weight excluding hydrogens is 300 g/mol. The van der Waals surface area contributed by atoms with Gasteiger partial charge in [0.15, 0.2) is 0 Å². The van der Waals surface area contributed by atoms with Crippen molar-refractivity contribution in [2.75, 3.05) is 38.2 Å². The number of amides is 1. The fraction of sp³-hybridized carbons (Fsp3) is 0.350. The summed E-state index contributed by atoms with van der Waals surface area (Å²) in [5, 5.41) is 0. The second-order valence-electron chi connectivity index (χ2n) is 6.05. The molecule has 4 heteroatoms. The maximum Gasteiger partial charge on any atom is 0.223 e. The number of nitrogens with zero attached hydrogens (tertiary/aromatic N) is 2. The average molecular weight is 324 g/mol. The number of carbonyl (C=O) groups excluding carboxylic acids is 1. The van der Waals surface area contributed by atoms with E-state index in [1.807, 2.05) is 35.2 Å². The minimum Gasteiger partial charge on any atom is -0.497 e. The molecule has 0 radical (unpaired) electrons. The molecule has 4 nitrogen and oxygen atoms in total. The Morgan fingerprint density at radius 2 is 1.75 bits per heavy atom. The smallest absolute Gasteiger partial charge is 0.223 e. The topological polar surface area (TPSA) is 32.8 Å². The van der Waals surface area contributed by atoms with Crippen molar-refractivity contribution in [1.29, 1.82) is 0 Å². The van der Waals surface area contributed by atoms with E-state index in [2.05, 4.69) is 29.2 Å². The van der Waals surface area contributed by atoms with Crippen LogP contribution in [0.2, 0.25) is 0 Å². The number of piperazine rings is 1. The molecule has 2 aromatic carbocycles. The fourth-order valence-corrected chi connectivity index (χ4v) is 3.09. The molecule has 1 fully saturated rings. The van der Waals surface area contributed by atoms with Gasteiger partial charge in [-0.25, -0.2) is 0 Å². The molecule has 1 amide bonds. The number of carbonyl (C=O) groups is 1. The number of aryl methyl sites for hydroxylation is 1. The molecule has 0 bridgehead atoms. The summed E-state index contributed by atoms with van der Waals surface area (Å²) in [5.74, 6) is 1.09. The van der Waals surface area contributed by atoms with Crippen LogP contribution in [0.4, 0.5) is 5.69 Å². The van der Waals surface area contributed by atoms with E-state index in [0.717, 1.165) is 43.9 Å². The van der Waals surface area contributed by atoms with Crippen molar-refractivity contribution < 1.29 is 9.53 Å². The molecule has 2 aromatic rings. The maximum absolute atomic E-state index is 12.4. The number of hydrogen-bond acceptors (Lipinski definition) is 3. The molecule has 0 aromatic heterocycles. The summed E-state index contributed by atoms with van der Waals surface area (Å²) in [7, 11) is 1.66. The molecule has 0 aliphatic carbocycles. The molecule has 0 atom stereocenters. The van der Waals surface area contributed by atoms with Gasteiger partial charge in [-0.15, -0.1) is 0 Å². The standard InChI is InChI=1S/C20H24N2O2/c1-24-19-9-5-6-17(16-19)10-11-20(23)22-14-12-21(13-15-22)18-7-3-2-4-8-18/h2-9,16H,10-15H2,1H3. The van der Waals surface area contributed by atoms with Crippen molar-refractivity contribution in [2.24, 2.45) is 0 Å². The van der Waals surface area contributed by atoms with Gasteiger partial charge in [0.2, 0.25) is 5.91 Å². The van der Waals surface area contributed by atoms with Crippen LogP contribution in [0.25, 0.3) is 0 Å². The predicted octanol–water partition coefficient (Wildman–Crippen LogP) is 2.98. The number of rotatable bonds is 5. The molecule has 0 spiro atoms. The van der Waals surface area contributed by atoms with Crippen molar-refractivity contribution in [3.63, 3.8) is 0 Å². The van der Waals surface area contributed by atoms with Crippen LogP contribution >= 0.6 is 0 Å². The van der Waals surface area contributed by atoms with Gasteiger partial charge >= 0.3 is 0 Å². The minimum absolute atomic E-state index is 0.241. The molecule has 0 unspecified atom stereocenters. The van der Waals surface area contributed by atoms with Gasteiger partial charge in [-0.05, 0) is 36.2 Å². The van der Waals surface area contributed by atoms with Gasteiger partial charge in [-0.2, -0.15) is 0 Å². The van der Waals surface area contributed by atoms with Crippen LogP contribution in [0.1, 0.15) is 12.0 Å². The van der Waals surface area contributed by atoms with Crippen molar-refractivity contribution in [1.82, 2.24) is 4.90 Å². The van der Waals surface area contributed by atoms with Gasteiger partial charge < -0.3 is 14.5 Å². The average Bonchev–Trinajstić information content (AvgIpc) is 2.67. The summed E-state index contributed by atoms with van der Waals surface area (Å²) >= 11 is 0. The first kappa shape index (κ1) is 16.4. The summed E-state index contributed by atoms with van der Waals surface area (Å²) in [4.78, 5) is 16.8. The zero-order chi connectivity index (χ0) is 16.8. The van der Waals surface area contributed by atoms with Gasteiger partial charge in [0, 0.05) is 38.3 Å². The SMILES string of the molecule is COc1cccc(CCC(=O)N2CCN(c3ccccc3)CC2)c1. The quantitative estimate of drug-likeness (QED) is 0.848. The molecule has 1 saturated heterocycles. The Kier molecular flexibility index (Phi) is 5.36. The van der Waals surface area contributed by atoms with E-state index in [-0.39, 0.29) is 5.91 Å². The highest BCUT2D eigenvalue weighted by atomic mass is 16.5. The van der Waals surface area contributed by atoms with Crippen LogP contribution in [0.5, 0.6) is 5.75 Å². The minimum atomic E-state index is 0.241. The number of benzene rings is 2. The zero-order valence-electron chi connectivity index (χ0n) is 14.1. The Hall–Kier alpha value is -2.49. The number of para-hydroxylation sites is 1. The first-order valence-electron chi connectivity index (χ1n) is 8.47. The molecular formula is C20H24N2O2. The molecule has 0 N–H and O–H groups in total. The predicted molar refractivity (Wildman–Crippen MR) is 96.6 cm³/mol. The Bertz CT molecular complexity index is 664. The number of ether oxygens (including phenoxy) is 1. The van der Waals surface area contributed by atoms with Gasteiger partial charge in [0.1, 0.15) is 5.75 Å². The lowest BCUT2D eigenvalue weighted by Crippen LogP contribution is -2.48. The van der Waals surface area contributed by atoms with Crippen LogP contribution < -0.4 is 9.64 Å². The van der Waals surface area contributed by atoms with E-state index in [0.29, 0.717) is 6.42 Å². The van der Waals surface area contributed by atoms with E-state index in [9.17, 15) is 4.79 Å². The van der Waals surface area contributed by atoms with Gasteiger partial charge in [0.25, 0.3) is 0 Å². The van der Waals surface area contributed by atoms with Gasteiger partial charge in [-0.3, -0.25) is 4.79 Å². The summed E-state index contributed by atoms with van der Waals surface area (Å²) in [6, 6.07) is 18.3. The first-order chi connectivity index (χ1) is 11.8. The van der Waals surface area contributed by atoms with Crippen molar-refractivity contribution in [3.05, 3.63) is 60.2 Å². The molecule has 3 rings (SSSR count). The summed E-state index contributed by atoms with van der Waals surface area (Å²) < 4.78 is 5.23. The van der Waals surface area contributed by atoms with Crippen molar-refractivity contribution in [3.8, 4) is 5.75 Å². The Balaban J connectivity index is 1.48. The molecule has 1 aliphatic rings. The van der Waals surface area contributed by atoms with Crippen LogP contribution in [-0.4, -0.2) is 44.1 Å². The third-order valence-corrected chi connectivity index (χ3v) is 4.52. The maximum atomic E-state index is 12.4. The Morgan fingerprint density at radius 3 is 2.46 bits per heavy atom. The van der Waals surface area contributed by atoms with E-state index >= 15 is 0 Å². The zero-order valence-corrected chi connectivity index (χ0v) is 14.1. The highest BCUT2D eigenvalue weighted by Crippen LogP contribution is 2.17. The number of anilines is 1. The van der Waals surface area contributed by atoms with E-state index in [1.165, 1.54) is 5.69 Å². The lowest BCUT2D eigenvalue weighted by atomic mass is 10.1. The van der Waals surface area contributed by atoms with E-state index in [1.54, 1.807) is 7.11 Å². The highest BCUT2D eigenvalue weighted by molar-refractivity contribution is 5.76. The third-order valence-electron chi connectivity index (χ3n) is 4.52. The molecule has 0 saturated carbocycles. The summed E-state index contributed by atoms with van der Waals surface area (Å²) in [6.07, 6.45) is 1.31. The highest BCUT2D eigenvalue weighted by Gasteiger charge is 2.20. The largest absolute Gasteiger partial charge is 0.497 e. The third kappa shape index (κ3) is 4.07. The van der Waals surface area contributed by atoms with Crippen LogP contribution in [-0.2, 0) is 11.2 Å². The molecule has 24 heavy (non-hydrogen) atoms. The van der Waals surface area contributed by atoms with E-state index < -0.39 is 0 Å². The number of hydrogen-bond donors (Lipinski definition) is 0. The first-order valence-corrected chi connectivity index (χ1v) is 8.47. The molecule has 1 heterocycles. The van der Waals surface area contributed by atoms with Crippen LogP contribution in [0, 0.1) is 0 Å².